The van der Waals surface area contributed by atoms with Crippen molar-refractivity contribution in [2.75, 3.05) is 24.5 Å². The molecule has 146 valence electrons. The van der Waals surface area contributed by atoms with E-state index in [0.717, 1.165) is 31.6 Å². The molecule has 0 bridgehead atoms. The van der Waals surface area contributed by atoms with Gasteiger partial charge in [0.25, 0.3) is 11.8 Å². The molecule has 1 atom stereocenters. The van der Waals surface area contributed by atoms with Crippen LogP contribution in [0.5, 0.6) is 0 Å². The number of hydrogen-bond acceptors (Lipinski definition) is 3. The Kier molecular flexibility index (Phi) is 5.44. The number of fused-ring (bicyclic) bond motifs is 2. The van der Waals surface area contributed by atoms with Crippen LogP contribution in [-0.4, -0.2) is 42.4 Å². The van der Waals surface area contributed by atoms with Gasteiger partial charge in [-0.3, -0.25) is 14.5 Å². The van der Waals surface area contributed by atoms with E-state index in [1.807, 2.05) is 30.0 Å². The molecule has 2 heterocycles. The van der Waals surface area contributed by atoms with Crippen LogP contribution in [0.15, 0.2) is 48.5 Å². The second-order valence-corrected chi connectivity index (χ2v) is 7.65. The summed E-state index contributed by atoms with van der Waals surface area (Å²) in [6.45, 7) is 5.33. The van der Waals surface area contributed by atoms with Crippen LogP contribution in [0.2, 0.25) is 0 Å². The van der Waals surface area contributed by atoms with Crippen LogP contribution < -0.4 is 10.2 Å². The molecule has 2 aromatic carbocycles. The number of rotatable bonds is 4. The number of nitrogens with one attached hydrogen (secondary N) is 1. The van der Waals surface area contributed by atoms with E-state index >= 15 is 0 Å². The topological polar surface area (TPSA) is 52.7 Å². The van der Waals surface area contributed by atoms with Gasteiger partial charge in [0.15, 0.2) is 0 Å². The molecule has 0 radical (unpaired) electrons. The molecule has 1 fully saturated rings. The van der Waals surface area contributed by atoms with Crippen LogP contribution in [0, 0.1) is 0 Å². The molecule has 2 aromatic rings. The summed E-state index contributed by atoms with van der Waals surface area (Å²) in [5, 5.41) is 2.88. The summed E-state index contributed by atoms with van der Waals surface area (Å²) in [4.78, 5) is 30.2. The lowest BCUT2D eigenvalue weighted by atomic mass is 10.1. The molecule has 2 aliphatic rings. The number of nitrogens with zero attached hydrogens (tertiary/aromatic N) is 2. The second-order valence-electron chi connectivity index (χ2n) is 7.65. The molecular formula is C23H27N3O2. The molecular weight excluding hydrogens is 350 g/mol. The summed E-state index contributed by atoms with van der Waals surface area (Å²) in [7, 11) is 0. The standard InChI is InChI=1S/C23H27N3O2/c1-2-12-24-22(27)17-8-5-9-18(14-17)23(28)26-16-20-10-6-13-25(20)15-19-7-3-4-11-21(19)26/h3-5,7-9,11,14,20H,2,6,10,12-13,15-16H2,1H3,(H,24,27). The zero-order chi connectivity index (χ0) is 19.5. The van der Waals surface area contributed by atoms with Crippen molar-refractivity contribution < 1.29 is 9.59 Å². The van der Waals surface area contributed by atoms with Gasteiger partial charge in [-0.05, 0) is 55.6 Å². The van der Waals surface area contributed by atoms with E-state index in [9.17, 15) is 9.59 Å². The van der Waals surface area contributed by atoms with Crippen LogP contribution in [0.25, 0.3) is 0 Å². The van der Waals surface area contributed by atoms with E-state index < -0.39 is 0 Å². The minimum atomic E-state index is -0.130. The molecule has 0 aromatic heterocycles. The van der Waals surface area contributed by atoms with Crippen LogP contribution in [0.3, 0.4) is 0 Å². The highest BCUT2D eigenvalue weighted by Gasteiger charge is 2.33. The first-order chi connectivity index (χ1) is 13.7. The average Bonchev–Trinajstić information content (AvgIpc) is 3.10. The summed E-state index contributed by atoms with van der Waals surface area (Å²) in [6.07, 6.45) is 3.19. The molecule has 5 nitrogen and oxygen atoms in total. The quantitative estimate of drug-likeness (QED) is 0.888. The number of anilines is 1. The predicted molar refractivity (Wildman–Crippen MR) is 111 cm³/mol. The van der Waals surface area contributed by atoms with Crippen molar-refractivity contribution in [1.82, 2.24) is 10.2 Å². The van der Waals surface area contributed by atoms with E-state index in [-0.39, 0.29) is 11.8 Å². The van der Waals surface area contributed by atoms with Crippen LogP contribution in [0.1, 0.15) is 52.5 Å². The van der Waals surface area contributed by atoms with Crippen LogP contribution in [-0.2, 0) is 6.54 Å². The molecule has 4 rings (SSSR count). The largest absolute Gasteiger partial charge is 0.352 e. The van der Waals surface area contributed by atoms with Gasteiger partial charge >= 0.3 is 0 Å². The Morgan fingerprint density at radius 1 is 1.11 bits per heavy atom. The third-order valence-electron chi connectivity index (χ3n) is 5.70. The molecule has 2 aliphatic heterocycles. The fourth-order valence-electron chi connectivity index (χ4n) is 4.23. The van der Waals surface area contributed by atoms with Gasteiger partial charge in [0.2, 0.25) is 0 Å². The molecule has 1 N–H and O–H groups in total. The molecule has 0 aliphatic carbocycles. The van der Waals surface area contributed by atoms with Gasteiger partial charge in [-0.15, -0.1) is 0 Å². The highest BCUT2D eigenvalue weighted by molar-refractivity contribution is 6.08. The molecule has 0 saturated carbocycles. The van der Waals surface area contributed by atoms with E-state index in [1.54, 1.807) is 24.3 Å². The van der Waals surface area contributed by atoms with Crippen molar-refractivity contribution in [1.29, 1.82) is 0 Å². The van der Waals surface area contributed by atoms with Crippen molar-refractivity contribution in [3.8, 4) is 0 Å². The van der Waals surface area contributed by atoms with Crippen LogP contribution >= 0.6 is 0 Å². The Hall–Kier alpha value is -2.66. The summed E-state index contributed by atoms with van der Waals surface area (Å²) < 4.78 is 0. The Morgan fingerprint density at radius 3 is 2.79 bits per heavy atom. The first kappa shape index (κ1) is 18.7. The highest BCUT2D eigenvalue weighted by atomic mass is 16.2. The summed E-state index contributed by atoms with van der Waals surface area (Å²) in [6, 6.07) is 15.6. The van der Waals surface area contributed by atoms with Crippen LogP contribution in [0.4, 0.5) is 5.69 Å². The van der Waals surface area contributed by atoms with Gasteiger partial charge in [0.05, 0.1) is 0 Å². The normalized spacial score (nSPS) is 18.9. The molecule has 1 unspecified atom stereocenters. The van der Waals surface area contributed by atoms with Gasteiger partial charge in [0.1, 0.15) is 0 Å². The maximum Gasteiger partial charge on any atom is 0.258 e. The van der Waals surface area contributed by atoms with Gasteiger partial charge < -0.3 is 10.2 Å². The zero-order valence-electron chi connectivity index (χ0n) is 16.4. The monoisotopic (exact) mass is 377 g/mol. The number of hydrogen-bond donors (Lipinski definition) is 1. The molecule has 2 amide bonds. The van der Waals surface area contributed by atoms with Gasteiger partial charge in [0, 0.05) is 42.5 Å². The SMILES string of the molecule is CCCNC(=O)c1cccc(C(=O)N2CC3CCCN3Cc3ccccc32)c1. The van der Waals surface area contributed by atoms with Gasteiger partial charge in [-0.2, -0.15) is 0 Å². The van der Waals surface area contributed by atoms with Crippen molar-refractivity contribution in [2.24, 2.45) is 0 Å². The van der Waals surface area contributed by atoms with E-state index in [1.165, 1.54) is 12.0 Å². The Labute approximate surface area is 166 Å². The predicted octanol–water partition coefficient (Wildman–Crippen LogP) is 3.45. The smallest absolute Gasteiger partial charge is 0.258 e. The lowest BCUT2D eigenvalue weighted by Crippen LogP contribution is -2.40. The van der Waals surface area contributed by atoms with Crippen molar-refractivity contribution in [2.45, 2.75) is 38.8 Å². The maximum atomic E-state index is 13.5. The Morgan fingerprint density at radius 2 is 1.93 bits per heavy atom. The Bertz CT molecular complexity index is 880. The Balaban J connectivity index is 1.64. The third-order valence-corrected chi connectivity index (χ3v) is 5.70. The minimum Gasteiger partial charge on any atom is -0.352 e. The average molecular weight is 377 g/mol. The lowest BCUT2D eigenvalue weighted by Gasteiger charge is -2.26. The van der Waals surface area contributed by atoms with Gasteiger partial charge in [-0.1, -0.05) is 31.2 Å². The first-order valence-electron chi connectivity index (χ1n) is 10.2. The van der Waals surface area contributed by atoms with Crippen molar-refractivity contribution >= 4 is 17.5 Å². The molecule has 0 spiro atoms. The first-order valence-corrected chi connectivity index (χ1v) is 10.2. The van der Waals surface area contributed by atoms with E-state index in [2.05, 4.69) is 16.3 Å². The van der Waals surface area contributed by atoms with Crippen molar-refractivity contribution in [3.05, 3.63) is 65.2 Å². The molecule has 1 saturated heterocycles. The maximum absolute atomic E-state index is 13.5. The van der Waals surface area contributed by atoms with E-state index in [4.69, 9.17) is 0 Å². The molecule has 5 heteroatoms. The fraction of sp³-hybridized carbons (Fsp3) is 0.391. The van der Waals surface area contributed by atoms with Crippen molar-refractivity contribution in [3.63, 3.8) is 0 Å². The summed E-state index contributed by atoms with van der Waals surface area (Å²) >= 11 is 0. The lowest BCUT2D eigenvalue weighted by molar-refractivity contribution is 0.0953. The van der Waals surface area contributed by atoms with Gasteiger partial charge in [-0.25, -0.2) is 0 Å². The zero-order valence-corrected chi connectivity index (χ0v) is 16.4. The fourth-order valence-corrected chi connectivity index (χ4v) is 4.23. The number of benzene rings is 2. The minimum absolute atomic E-state index is 0.0358. The number of para-hydroxylation sites is 1. The highest BCUT2D eigenvalue weighted by Crippen LogP contribution is 2.32. The molecule has 28 heavy (non-hydrogen) atoms. The number of carbonyl (C=O) groups is 2. The summed E-state index contributed by atoms with van der Waals surface area (Å²) in [5.74, 6) is -0.166. The van der Waals surface area contributed by atoms with E-state index in [0.29, 0.717) is 30.3 Å². The number of carbonyl (C=O) groups excluding carboxylic acids is 2. The number of amides is 2. The summed E-state index contributed by atoms with van der Waals surface area (Å²) in [5.41, 5.74) is 3.27. The third kappa shape index (κ3) is 3.67. The second kappa shape index (κ2) is 8.15.